The van der Waals surface area contributed by atoms with E-state index in [9.17, 15) is 0 Å². The number of hydrogen-bond donors (Lipinski definition) is 0. The SMILES string of the molecule is C=C(CC(C)C(=C)/C=C(/C)C(C)C)CC(C)(C)C. The van der Waals surface area contributed by atoms with E-state index in [0.717, 1.165) is 12.8 Å². The predicted molar refractivity (Wildman–Crippen MR) is 84.7 cm³/mol. The summed E-state index contributed by atoms with van der Waals surface area (Å²) in [6.07, 6.45) is 4.40. The summed E-state index contributed by atoms with van der Waals surface area (Å²) in [6, 6.07) is 0. The third-order valence-corrected chi connectivity index (χ3v) is 3.33. The van der Waals surface area contributed by atoms with Crippen LogP contribution in [0.1, 0.15) is 61.3 Å². The second-order valence-electron chi connectivity index (χ2n) is 7.21. The van der Waals surface area contributed by atoms with Crippen molar-refractivity contribution in [1.29, 1.82) is 0 Å². The van der Waals surface area contributed by atoms with Crippen molar-refractivity contribution in [2.45, 2.75) is 61.3 Å². The number of rotatable bonds is 6. The Bertz CT molecular complexity index is 320. The zero-order chi connectivity index (χ0) is 14.5. The minimum atomic E-state index is 0.335. The first-order valence-corrected chi connectivity index (χ1v) is 7.06. The van der Waals surface area contributed by atoms with Gasteiger partial charge in [0.05, 0.1) is 0 Å². The average Bonchev–Trinajstić information content (AvgIpc) is 2.13. The summed E-state index contributed by atoms with van der Waals surface area (Å²) in [7, 11) is 0. The van der Waals surface area contributed by atoms with E-state index in [0.29, 0.717) is 17.3 Å². The molecule has 0 aromatic heterocycles. The van der Waals surface area contributed by atoms with Crippen molar-refractivity contribution in [3.8, 4) is 0 Å². The Morgan fingerprint density at radius 2 is 1.61 bits per heavy atom. The van der Waals surface area contributed by atoms with E-state index in [1.807, 2.05) is 0 Å². The van der Waals surface area contributed by atoms with E-state index in [4.69, 9.17) is 0 Å². The summed E-state index contributed by atoms with van der Waals surface area (Å²) in [5.41, 5.74) is 4.32. The number of allylic oxidation sites excluding steroid dienone is 4. The Hall–Kier alpha value is -0.780. The van der Waals surface area contributed by atoms with Gasteiger partial charge in [-0.3, -0.25) is 0 Å². The summed E-state index contributed by atoms with van der Waals surface area (Å²) >= 11 is 0. The van der Waals surface area contributed by atoms with Gasteiger partial charge in [-0.2, -0.15) is 0 Å². The molecular weight excluding hydrogens is 216 g/mol. The molecule has 1 unspecified atom stereocenters. The van der Waals surface area contributed by atoms with Crippen LogP contribution in [0.5, 0.6) is 0 Å². The van der Waals surface area contributed by atoms with E-state index in [1.165, 1.54) is 16.7 Å². The third-order valence-electron chi connectivity index (χ3n) is 3.33. The lowest BCUT2D eigenvalue weighted by Gasteiger charge is -2.22. The fourth-order valence-electron chi connectivity index (χ4n) is 1.99. The van der Waals surface area contributed by atoms with Gasteiger partial charge >= 0.3 is 0 Å². The van der Waals surface area contributed by atoms with E-state index < -0.39 is 0 Å². The van der Waals surface area contributed by atoms with E-state index >= 15 is 0 Å². The van der Waals surface area contributed by atoms with Crippen LogP contribution in [0.4, 0.5) is 0 Å². The summed E-state index contributed by atoms with van der Waals surface area (Å²) in [5, 5.41) is 0. The molecule has 0 aliphatic heterocycles. The summed E-state index contributed by atoms with van der Waals surface area (Å²) < 4.78 is 0. The van der Waals surface area contributed by atoms with Crippen molar-refractivity contribution in [2.75, 3.05) is 0 Å². The Morgan fingerprint density at radius 1 is 1.11 bits per heavy atom. The van der Waals surface area contributed by atoms with Crippen molar-refractivity contribution in [1.82, 2.24) is 0 Å². The lowest BCUT2D eigenvalue weighted by atomic mass is 9.83. The maximum Gasteiger partial charge on any atom is -0.0159 e. The van der Waals surface area contributed by atoms with Crippen molar-refractivity contribution < 1.29 is 0 Å². The van der Waals surface area contributed by atoms with Crippen LogP contribution in [0.2, 0.25) is 0 Å². The molecular formula is C18H32. The highest BCUT2D eigenvalue weighted by atomic mass is 14.2. The van der Waals surface area contributed by atoms with Crippen LogP contribution in [-0.2, 0) is 0 Å². The molecule has 0 saturated carbocycles. The molecule has 0 amide bonds. The minimum absolute atomic E-state index is 0.335. The lowest BCUT2D eigenvalue weighted by Crippen LogP contribution is -2.08. The predicted octanol–water partition coefficient (Wildman–Crippen LogP) is 6.16. The van der Waals surface area contributed by atoms with Gasteiger partial charge in [0.1, 0.15) is 0 Å². The van der Waals surface area contributed by atoms with E-state index in [2.05, 4.69) is 67.7 Å². The van der Waals surface area contributed by atoms with Gasteiger partial charge < -0.3 is 0 Å². The summed E-state index contributed by atoms with van der Waals surface area (Å²) in [6.45, 7) is 24.1. The van der Waals surface area contributed by atoms with Crippen LogP contribution in [0.15, 0.2) is 36.0 Å². The van der Waals surface area contributed by atoms with Gasteiger partial charge in [-0.1, -0.05) is 77.5 Å². The zero-order valence-electron chi connectivity index (χ0n) is 13.6. The van der Waals surface area contributed by atoms with Gasteiger partial charge in [0.2, 0.25) is 0 Å². The average molecular weight is 248 g/mol. The Balaban J connectivity index is 4.42. The topological polar surface area (TPSA) is 0 Å². The molecule has 0 aromatic carbocycles. The van der Waals surface area contributed by atoms with Crippen LogP contribution in [0.25, 0.3) is 0 Å². The van der Waals surface area contributed by atoms with Gasteiger partial charge in [-0.15, -0.1) is 0 Å². The number of hydrogen-bond acceptors (Lipinski definition) is 0. The van der Waals surface area contributed by atoms with Gasteiger partial charge in [0.25, 0.3) is 0 Å². The third kappa shape index (κ3) is 7.53. The maximum atomic E-state index is 4.21. The van der Waals surface area contributed by atoms with Crippen LogP contribution in [0, 0.1) is 17.3 Å². The molecule has 0 spiro atoms. The van der Waals surface area contributed by atoms with Crippen molar-refractivity contribution >= 4 is 0 Å². The quantitative estimate of drug-likeness (QED) is 0.390. The fourth-order valence-corrected chi connectivity index (χ4v) is 1.99. The standard InChI is InChI=1S/C18H32/c1-13(2)15(4)11-17(6)16(5)10-14(3)12-18(7,8)9/h11,13,16H,3,6,10,12H2,1-2,4-5,7-9H3/b15-11-. The normalized spacial score (nSPS) is 14.8. The highest BCUT2D eigenvalue weighted by Gasteiger charge is 2.14. The molecule has 0 fully saturated rings. The molecule has 0 aliphatic rings. The molecule has 0 rings (SSSR count). The largest absolute Gasteiger partial charge is 0.0998 e. The highest BCUT2D eigenvalue weighted by molar-refractivity contribution is 5.24. The highest BCUT2D eigenvalue weighted by Crippen LogP contribution is 2.29. The molecule has 0 saturated heterocycles. The lowest BCUT2D eigenvalue weighted by molar-refractivity contribution is 0.400. The second kappa shape index (κ2) is 6.97. The molecule has 0 bridgehead atoms. The Kier molecular flexibility index (Phi) is 6.67. The van der Waals surface area contributed by atoms with E-state index in [1.54, 1.807) is 0 Å². The first-order chi connectivity index (χ1) is 8.03. The van der Waals surface area contributed by atoms with Gasteiger partial charge in [-0.25, -0.2) is 0 Å². The molecule has 1 atom stereocenters. The molecule has 104 valence electrons. The molecule has 0 aromatic rings. The smallest absolute Gasteiger partial charge is 0.0159 e. The molecule has 0 heterocycles. The molecule has 0 aliphatic carbocycles. The minimum Gasteiger partial charge on any atom is -0.0998 e. The summed E-state index contributed by atoms with van der Waals surface area (Å²) in [5.74, 6) is 1.10. The molecule has 0 heteroatoms. The van der Waals surface area contributed by atoms with Gasteiger partial charge in [-0.05, 0) is 37.0 Å². The Morgan fingerprint density at radius 3 is 2.00 bits per heavy atom. The van der Waals surface area contributed by atoms with Crippen LogP contribution >= 0.6 is 0 Å². The zero-order valence-corrected chi connectivity index (χ0v) is 13.6. The van der Waals surface area contributed by atoms with Crippen LogP contribution < -0.4 is 0 Å². The summed E-state index contributed by atoms with van der Waals surface area (Å²) in [4.78, 5) is 0. The van der Waals surface area contributed by atoms with Crippen LogP contribution in [0.3, 0.4) is 0 Å². The molecule has 0 radical (unpaired) electrons. The van der Waals surface area contributed by atoms with Crippen molar-refractivity contribution in [2.24, 2.45) is 17.3 Å². The van der Waals surface area contributed by atoms with Crippen LogP contribution in [-0.4, -0.2) is 0 Å². The Labute approximate surface area is 115 Å². The molecule has 0 N–H and O–H groups in total. The molecule has 18 heavy (non-hydrogen) atoms. The van der Waals surface area contributed by atoms with Gasteiger partial charge in [0.15, 0.2) is 0 Å². The second-order valence-corrected chi connectivity index (χ2v) is 7.21. The fraction of sp³-hybridized carbons (Fsp3) is 0.667. The van der Waals surface area contributed by atoms with E-state index in [-0.39, 0.29) is 0 Å². The first-order valence-electron chi connectivity index (χ1n) is 7.06. The van der Waals surface area contributed by atoms with Crippen molar-refractivity contribution in [3.63, 3.8) is 0 Å². The monoisotopic (exact) mass is 248 g/mol. The van der Waals surface area contributed by atoms with Crippen molar-refractivity contribution in [3.05, 3.63) is 36.0 Å². The first kappa shape index (κ1) is 17.2. The maximum absolute atomic E-state index is 4.21. The molecule has 0 nitrogen and oxygen atoms in total. The van der Waals surface area contributed by atoms with Gasteiger partial charge in [0, 0.05) is 0 Å².